The number of ether oxygens (including phenoxy) is 2. The molecular weight excluding hydrogens is 372 g/mol. The second kappa shape index (κ2) is 9.90. The highest BCUT2D eigenvalue weighted by molar-refractivity contribution is 7.09. The van der Waals surface area contributed by atoms with Crippen LogP contribution in [0.4, 0.5) is 5.69 Å². The first-order valence-corrected chi connectivity index (χ1v) is 10.2. The Morgan fingerprint density at radius 2 is 1.79 bits per heavy atom. The molecule has 0 spiro atoms. The molecule has 0 bridgehead atoms. The van der Waals surface area contributed by atoms with Crippen molar-refractivity contribution < 1.29 is 14.3 Å². The zero-order chi connectivity index (χ0) is 19.8. The van der Waals surface area contributed by atoms with Gasteiger partial charge in [0.15, 0.2) is 11.5 Å². The Hall–Kier alpha value is -2.86. The molecule has 3 aromatic rings. The van der Waals surface area contributed by atoms with Crippen molar-refractivity contribution in [1.29, 1.82) is 0 Å². The number of aromatic nitrogens is 1. The van der Waals surface area contributed by atoms with E-state index in [0.29, 0.717) is 31.8 Å². The normalized spacial score (nSPS) is 10.5. The van der Waals surface area contributed by atoms with Crippen LogP contribution in [0, 0.1) is 6.92 Å². The molecule has 0 aliphatic carbocycles. The predicted molar refractivity (Wildman–Crippen MR) is 113 cm³/mol. The van der Waals surface area contributed by atoms with E-state index in [9.17, 15) is 4.79 Å². The maximum Gasteiger partial charge on any atom is 0.224 e. The molecular formula is C22H24N2O3S. The summed E-state index contributed by atoms with van der Waals surface area (Å²) in [6.45, 7) is 4.97. The van der Waals surface area contributed by atoms with E-state index in [4.69, 9.17) is 9.47 Å². The number of hydrogen-bond donors (Lipinski definition) is 1. The Morgan fingerprint density at radius 3 is 2.43 bits per heavy atom. The third-order valence-electron chi connectivity index (χ3n) is 4.04. The highest BCUT2D eigenvalue weighted by Crippen LogP contribution is 2.26. The van der Waals surface area contributed by atoms with Crippen molar-refractivity contribution >= 4 is 22.9 Å². The van der Waals surface area contributed by atoms with Crippen LogP contribution in [-0.2, 0) is 4.79 Å². The molecule has 1 amide bonds. The van der Waals surface area contributed by atoms with E-state index in [1.165, 1.54) is 0 Å². The monoisotopic (exact) mass is 396 g/mol. The second-order valence-electron chi connectivity index (χ2n) is 6.21. The summed E-state index contributed by atoms with van der Waals surface area (Å²) in [5, 5.41) is 5.99. The first-order valence-electron chi connectivity index (χ1n) is 9.32. The van der Waals surface area contributed by atoms with Gasteiger partial charge in [0.2, 0.25) is 5.91 Å². The van der Waals surface area contributed by atoms with Gasteiger partial charge in [-0.2, -0.15) is 0 Å². The molecule has 0 aliphatic heterocycles. The SMILES string of the molecule is CCOc1ccccc1OCCCC(=O)Nc1ccc(-c2csc(C)n2)cc1. The summed E-state index contributed by atoms with van der Waals surface area (Å²) in [7, 11) is 0. The van der Waals surface area contributed by atoms with Crippen LogP contribution in [0.1, 0.15) is 24.8 Å². The Balaban J connectivity index is 1.43. The highest BCUT2D eigenvalue weighted by Gasteiger charge is 2.07. The summed E-state index contributed by atoms with van der Waals surface area (Å²) in [6.07, 6.45) is 1.02. The average Bonchev–Trinajstić information content (AvgIpc) is 3.13. The van der Waals surface area contributed by atoms with Crippen molar-refractivity contribution in [3.63, 3.8) is 0 Å². The highest BCUT2D eigenvalue weighted by atomic mass is 32.1. The molecule has 1 heterocycles. The van der Waals surface area contributed by atoms with Gasteiger partial charge in [-0.05, 0) is 44.5 Å². The zero-order valence-electron chi connectivity index (χ0n) is 16.1. The number of nitrogens with one attached hydrogen (secondary N) is 1. The van der Waals surface area contributed by atoms with Gasteiger partial charge >= 0.3 is 0 Å². The first-order chi connectivity index (χ1) is 13.7. The van der Waals surface area contributed by atoms with E-state index in [-0.39, 0.29) is 5.91 Å². The van der Waals surface area contributed by atoms with Gasteiger partial charge in [-0.15, -0.1) is 11.3 Å². The van der Waals surface area contributed by atoms with Crippen LogP contribution in [-0.4, -0.2) is 24.1 Å². The summed E-state index contributed by atoms with van der Waals surface area (Å²) in [4.78, 5) is 16.6. The minimum absolute atomic E-state index is 0.0288. The Bertz CT molecular complexity index is 906. The van der Waals surface area contributed by atoms with Gasteiger partial charge in [-0.3, -0.25) is 4.79 Å². The molecule has 2 aromatic carbocycles. The first kappa shape index (κ1) is 19.9. The fourth-order valence-electron chi connectivity index (χ4n) is 2.70. The van der Waals surface area contributed by atoms with E-state index in [2.05, 4.69) is 10.3 Å². The van der Waals surface area contributed by atoms with Crippen LogP contribution < -0.4 is 14.8 Å². The number of para-hydroxylation sites is 2. The van der Waals surface area contributed by atoms with E-state index >= 15 is 0 Å². The largest absolute Gasteiger partial charge is 0.490 e. The van der Waals surface area contributed by atoms with Crippen LogP contribution in [0.25, 0.3) is 11.3 Å². The Labute approximate surface area is 169 Å². The number of carbonyl (C=O) groups excluding carboxylic acids is 1. The standard InChI is InChI=1S/C22H24N2O3S/c1-3-26-20-7-4-5-8-21(20)27-14-6-9-22(25)24-18-12-10-17(11-13-18)19-15-28-16(2)23-19/h4-5,7-8,10-13,15H,3,6,9,14H2,1-2H3,(H,24,25). The summed E-state index contributed by atoms with van der Waals surface area (Å²) >= 11 is 1.63. The molecule has 0 radical (unpaired) electrons. The number of benzene rings is 2. The summed E-state index contributed by atoms with van der Waals surface area (Å²) < 4.78 is 11.3. The molecule has 5 nitrogen and oxygen atoms in total. The Morgan fingerprint density at radius 1 is 1.07 bits per heavy atom. The molecule has 0 saturated carbocycles. The van der Waals surface area contributed by atoms with Crippen LogP contribution in [0.2, 0.25) is 0 Å². The molecule has 0 saturated heterocycles. The average molecular weight is 397 g/mol. The maximum atomic E-state index is 12.1. The van der Waals surface area contributed by atoms with Crippen LogP contribution in [0.3, 0.4) is 0 Å². The number of thiazole rings is 1. The van der Waals surface area contributed by atoms with Crippen LogP contribution in [0.15, 0.2) is 53.9 Å². The molecule has 28 heavy (non-hydrogen) atoms. The van der Waals surface area contributed by atoms with E-state index in [0.717, 1.165) is 27.7 Å². The van der Waals surface area contributed by atoms with Gasteiger partial charge in [-0.25, -0.2) is 4.98 Å². The minimum Gasteiger partial charge on any atom is -0.490 e. The molecule has 0 atom stereocenters. The third-order valence-corrected chi connectivity index (χ3v) is 4.81. The maximum absolute atomic E-state index is 12.1. The number of hydrogen-bond acceptors (Lipinski definition) is 5. The summed E-state index contributed by atoms with van der Waals surface area (Å²) in [6, 6.07) is 15.3. The lowest BCUT2D eigenvalue weighted by Gasteiger charge is -2.11. The lowest BCUT2D eigenvalue weighted by Crippen LogP contribution is -2.12. The number of aryl methyl sites for hydroxylation is 1. The molecule has 0 aliphatic rings. The smallest absolute Gasteiger partial charge is 0.224 e. The topological polar surface area (TPSA) is 60.5 Å². The fraction of sp³-hybridized carbons (Fsp3) is 0.273. The molecule has 1 aromatic heterocycles. The van der Waals surface area contributed by atoms with Gasteiger partial charge in [0, 0.05) is 23.1 Å². The Kier molecular flexibility index (Phi) is 7.03. The van der Waals surface area contributed by atoms with Gasteiger partial charge < -0.3 is 14.8 Å². The zero-order valence-corrected chi connectivity index (χ0v) is 16.9. The van der Waals surface area contributed by atoms with Gasteiger partial charge in [0.25, 0.3) is 0 Å². The van der Waals surface area contributed by atoms with Crippen LogP contribution >= 0.6 is 11.3 Å². The molecule has 1 N–H and O–H groups in total. The number of amides is 1. The van der Waals surface area contributed by atoms with Crippen molar-refractivity contribution in [3.05, 3.63) is 58.9 Å². The number of rotatable bonds is 9. The van der Waals surface area contributed by atoms with Gasteiger partial charge in [-0.1, -0.05) is 24.3 Å². The number of anilines is 1. The lowest BCUT2D eigenvalue weighted by molar-refractivity contribution is -0.116. The molecule has 6 heteroatoms. The van der Waals surface area contributed by atoms with E-state index < -0.39 is 0 Å². The molecule has 0 fully saturated rings. The quantitative estimate of drug-likeness (QED) is 0.498. The van der Waals surface area contributed by atoms with Gasteiger partial charge in [0.05, 0.1) is 23.9 Å². The van der Waals surface area contributed by atoms with E-state index in [1.54, 1.807) is 11.3 Å². The predicted octanol–water partition coefficient (Wildman–Crippen LogP) is 5.31. The third kappa shape index (κ3) is 5.57. The summed E-state index contributed by atoms with van der Waals surface area (Å²) in [5.41, 5.74) is 2.79. The van der Waals surface area contributed by atoms with E-state index in [1.807, 2.05) is 67.8 Å². The van der Waals surface area contributed by atoms with Crippen molar-refractivity contribution in [1.82, 2.24) is 4.98 Å². The van der Waals surface area contributed by atoms with Crippen molar-refractivity contribution in [2.75, 3.05) is 18.5 Å². The van der Waals surface area contributed by atoms with Crippen molar-refractivity contribution in [2.45, 2.75) is 26.7 Å². The van der Waals surface area contributed by atoms with Crippen molar-refractivity contribution in [3.8, 4) is 22.8 Å². The minimum atomic E-state index is -0.0288. The van der Waals surface area contributed by atoms with Crippen molar-refractivity contribution in [2.24, 2.45) is 0 Å². The fourth-order valence-corrected chi connectivity index (χ4v) is 3.32. The van der Waals surface area contributed by atoms with Gasteiger partial charge in [0.1, 0.15) is 0 Å². The molecule has 0 unspecified atom stereocenters. The van der Waals surface area contributed by atoms with Crippen LogP contribution in [0.5, 0.6) is 11.5 Å². The number of nitrogens with zero attached hydrogens (tertiary/aromatic N) is 1. The number of carbonyl (C=O) groups is 1. The summed E-state index contributed by atoms with van der Waals surface area (Å²) in [5.74, 6) is 1.40. The second-order valence-corrected chi connectivity index (χ2v) is 7.27. The molecule has 3 rings (SSSR count). The lowest BCUT2D eigenvalue weighted by atomic mass is 10.1. The molecule has 146 valence electrons.